The molecule has 1 unspecified atom stereocenters. The molecular formula is C33H30N2O2S. The van der Waals surface area contributed by atoms with E-state index >= 15 is 0 Å². The largest absolute Gasteiger partial charge is 0.587 e. The maximum Gasteiger partial charge on any atom is 0.253 e. The fourth-order valence-electron chi connectivity index (χ4n) is 5.43. The van der Waals surface area contributed by atoms with E-state index in [4.69, 9.17) is 0 Å². The molecule has 5 heteroatoms. The summed E-state index contributed by atoms with van der Waals surface area (Å²) in [4.78, 5) is 15.8. The Bertz CT molecular complexity index is 1520. The van der Waals surface area contributed by atoms with Gasteiger partial charge in [-0.05, 0) is 66.6 Å². The lowest BCUT2D eigenvalue weighted by Gasteiger charge is -2.32. The quantitative estimate of drug-likeness (QED) is 0.228. The SMILES string of the molecule is O=C(c1ccc([S+]([O-])n2cc(-c3ccccc3)c3ccccc32)cc1)N1CCC(Cc2ccccc2)CC1. The van der Waals surface area contributed by atoms with Crippen molar-refractivity contribution in [1.82, 2.24) is 8.87 Å². The summed E-state index contributed by atoms with van der Waals surface area (Å²) in [5, 5.41) is 1.06. The van der Waals surface area contributed by atoms with Crippen LogP contribution in [0.15, 0.2) is 120 Å². The molecule has 1 fully saturated rings. The van der Waals surface area contributed by atoms with Gasteiger partial charge in [-0.2, -0.15) is 3.97 Å². The van der Waals surface area contributed by atoms with Crippen LogP contribution in [-0.4, -0.2) is 32.4 Å². The topological polar surface area (TPSA) is 48.3 Å². The number of likely N-dealkylation sites (tertiary alicyclic amines) is 1. The number of carbonyl (C=O) groups is 1. The van der Waals surface area contributed by atoms with E-state index in [0.717, 1.165) is 54.4 Å². The minimum Gasteiger partial charge on any atom is -0.587 e. The zero-order chi connectivity index (χ0) is 25.9. The highest BCUT2D eigenvalue weighted by atomic mass is 32.2. The van der Waals surface area contributed by atoms with E-state index in [1.807, 2.05) is 81.8 Å². The Morgan fingerprint density at radius 1 is 0.789 bits per heavy atom. The van der Waals surface area contributed by atoms with Gasteiger partial charge in [0.2, 0.25) is 0 Å². The monoisotopic (exact) mass is 518 g/mol. The van der Waals surface area contributed by atoms with Crippen LogP contribution in [0.2, 0.25) is 0 Å². The number of nitrogens with zero attached hydrogens (tertiary/aromatic N) is 2. The molecule has 1 atom stereocenters. The summed E-state index contributed by atoms with van der Waals surface area (Å²) in [6.07, 6.45) is 5.08. The smallest absolute Gasteiger partial charge is 0.253 e. The van der Waals surface area contributed by atoms with Crippen LogP contribution in [0.4, 0.5) is 0 Å². The second-order valence-corrected chi connectivity index (χ2v) is 11.3. The number of carbonyl (C=O) groups excluding carboxylic acids is 1. The van der Waals surface area contributed by atoms with Crippen molar-refractivity contribution in [3.8, 4) is 11.1 Å². The van der Waals surface area contributed by atoms with Gasteiger partial charge in [0.05, 0.1) is 11.7 Å². The Morgan fingerprint density at radius 3 is 2.13 bits per heavy atom. The number of piperidine rings is 1. The predicted molar refractivity (Wildman–Crippen MR) is 154 cm³/mol. The first-order chi connectivity index (χ1) is 18.7. The van der Waals surface area contributed by atoms with Gasteiger partial charge in [0.1, 0.15) is 11.4 Å². The Morgan fingerprint density at radius 2 is 1.42 bits per heavy atom. The number of fused-ring (bicyclic) bond motifs is 1. The third-order valence-corrected chi connectivity index (χ3v) is 8.85. The van der Waals surface area contributed by atoms with Gasteiger partial charge >= 0.3 is 0 Å². The lowest BCUT2D eigenvalue weighted by atomic mass is 9.90. The molecule has 5 aromatic rings. The highest BCUT2D eigenvalue weighted by Gasteiger charge is 2.25. The minimum absolute atomic E-state index is 0.0540. The van der Waals surface area contributed by atoms with Crippen molar-refractivity contribution in [2.75, 3.05) is 13.1 Å². The molecule has 190 valence electrons. The van der Waals surface area contributed by atoms with Crippen molar-refractivity contribution >= 4 is 28.2 Å². The summed E-state index contributed by atoms with van der Waals surface area (Å²) in [6.45, 7) is 1.56. The molecule has 1 saturated heterocycles. The van der Waals surface area contributed by atoms with E-state index in [2.05, 4.69) is 42.5 Å². The zero-order valence-electron chi connectivity index (χ0n) is 21.2. The number of aromatic nitrogens is 1. The van der Waals surface area contributed by atoms with Gasteiger partial charge in [-0.15, -0.1) is 0 Å². The fourth-order valence-corrected chi connectivity index (χ4v) is 6.57. The van der Waals surface area contributed by atoms with Crippen LogP contribution in [0.1, 0.15) is 28.8 Å². The molecule has 2 heterocycles. The molecule has 0 aliphatic carbocycles. The Hall–Kier alpha value is -3.80. The maximum atomic E-state index is 13.7. The Kier molecular flexibility index (Phi) is 7.04. The third kappa shape index (κ3) is 5.00. The van der Waals surface area contributed by atoms with Crippen molar-refractivity contribution in [2.45, 2.75) is 24.2 Å². The molecular weight excluding hydrogens is 488 g/mol. The molecule has 0 spiro atoms. The summed E-state index contributed by atoms with van der Waals surface area (Å²) in [7, 11) is 0. The number of amides is 1. The van der Waals surface area contributed by atoms with Crippen molar-refractivity contribution in [3.05, 3.63) is 127 Å². The van der Waals surface area contributed by atoms with Crippen LogP contribution in [0.25, 0.3) is 22.0 Å². The van der Waals surface area contributed by atoms with Gasteiger partial charge < -0.3 is 9.45 Å². The van der Waals surface area contributed by atoms with Crippen LogP contribution in [-0.2, 0) is 17.8 Å². The average molecular weight is 519 g/mol. The van der Waals surface area contributed by atoms with Gasteiger partial charge in [-0.1, -0.05) is 78.9 Å². The summed E-state index contributed by atoms with van der Waals surface area (Å²) >= 11 is -1.43. The molecule has 4 nitrogen and oxygen atoms in total. The molecule has 0 bridgehead atoms. The van der Waals surface area contributed by atoms with Crippen LogP contribution in [0, 0.1) is 5.92 Å². The van der Waals surface area contributed by atoms with Crippen molar-refractivity contribution in [1.29, 1.82) is 0 Å². The van der Waals surface area contributed by atoms with E-state index < -0.39 is 11.4 Å². The van der Waals surface area contributed by atoms with Gasteiger partial charge in [0, 0.05) is 29.6 Å². The zero-order valence-corrected chi connectivity index (χ0v) is 22.0. The molecule has 0 saturated carbocycles. The highest BCUT2D eigenvalue weighted by Crippen LogP contribution is 2.33. The molecule has 6 rings (SSSR count). The van der Waals surface area contributed by atoms with Crippen LogP contribution < -0.4 is 0 Å². The molecule has 1 amide bonds. The van der Waals surface area contributed by atoms with Gasteiger partial charge in [-0.25, -0.2) is 0 Å². The molecule has 0 radical (unpaired) electrons. The van der Waals surface area contributed by atoms with Gasteiger partial charge in [0.25, 0.3) is 5.91 Å². The standard InChI is InChI=1S/C33H30N2O2S/c36-33(34-21-19-26(20-22-34)23-25-9-3-1-4-10-25)28-15-17-29(18-16-28)38(37)35-24-31(27-11-5-2-6-12-27)30-13-7-8-14-32(30)35/h1-18,24,26H,19-23H2. The van der Waals surface area contributed by atoms with Crippen LogP contribution in [0.5, 0.6) is 0 Å². The molecule has 1 aromatic heterocycles. The third-order valence-electron chi connectivity index (χ3n) is 7.51. The van der Waals surface area contributed by atoms with E-state index in [-0.39, 0.29) is 5.91 Å². The Labute approximate surface area is 226 Å². The second-order valence-electron chi connectivity index (χ2n) is 9.95. The van der Waals surface area contributed by atoms with E-state index in [1.165, 1.54) is 5.56 Å². The van der Waals surface area contributed by atoms with Crippen LogP contribution in [0.3, 0.4) is 0 Å². The molecule has 0 N–H and O–H groups in total. The first-order valence-electron chi connectivity index (χ1n) is 13.2. The summed E-state index contributed by atoms with van der Waals surface area (Å²) in [5.41, 5.74) is 5.08. The van der Waals surface area contributed by atoms with E-state index in [0.29, 0.717) is 16.4 Å². The van der Waals surface area contributed by atoms with Crippen molar-refractivity contribution in [3.63, 3.8) is 0 Å². The number of benzene rings is 4. The summed E-state index contributed by atoms with van der Waals surface area (Å²) in [5.74, 6) is 0.668. The normalized spacial score (nSPS) is 15.0. The Balaban J connectivity index is 1.16. The van der Waals surface area contributed by atoms with E-state index in [1.54, 1.807) is 0 Å². The molecule has 1 aliphatic heterocycles. The van der Waals surface area contributed by atoms with Crippen LogP contribution >= 0.6 is 0 Å². The fraction of sp³-hybridized carbons (Fsp3) is 0.182. The van der Waals surface area contributed by atoms with Gasteiger partial charge in [-0.3, -0.25) is 4.79 Å². The molecule has 4 aromatic carbocycles. The van der Waals surface area contributed by atoms with Crippen molar-refractivity contribution < 1.29 is 9.35 Å². The van der Waals surface area contributed by atoms with Crippen molar-refractivity contribution in [2.24, 2.45) is 5.92 Å². The first-order valence-corrected chi connectivity index (χ1v) is 14.3. The minimum atomic E-state index is -1.43. The number of rotatable bonds is 6. The summed E-state index contributed by atoms with van der Waals surface area (Å²) < 4.78 is 15.5. The number of hydrogen-bond acceptors (Lipinski definition) is 2. The lowest BCUT2D eigenvalue weighted by molar-refractivity contribution is 0.0690. The molecule has 38 heavy (non-hydrogen) atoms. The van der Waals surface area contributed by atoms with Gasteiger partial charge in [0.15, 0.2) is 4.90 Å². The summed E-state index contributed by atoms with van der Waals surface area (Å²) in [6, 6.07) is 36.1. The predicted octanol–water partition coefficient (Wildman–Crippen LogP) is 6.97. The number of hydrogen-bond donors (Lipinski definition) is 0. The highest BCUT2D eigenvalue weighted by molar-refractivity contribution is 7.90. The number of para-hydroxylation sites is 1. The maximum absolute atomic E-state index is 13.7. The van der Waals surface area contributed by atoms with E-state index in [9.17, 15) is 9.35 Å². The first kappa shape index (κ1) is 24.5. The second kappa shape index (κ2) is 10.9. The average Bonchev–Trinajstić information content (AvgIpc) is 3.38. The lowest BCUT2D eigenvalue weighted by Crippen LogP contribution is -2.38. The molecule has 1 aliphatic rings.